The molecule has 4 rings (SSSR count). The van der Waals surface area contributed by atoms with Crippen molar-refractivity contribution < 1.29 is 18.0 Å². The van der Waals surface area contributed by atoms with Crippen LogP contribution >= 0.6 is 0 Å². The summed E-state index contributed by atoms with van der Waals surface area (Å²) in [6.07, 6.45) is -0.258. The number of carbonyl (C=O) groups is 1. The minimum atomic E-state index is -4.62. The SMILES string of the molecule is CN/C=C\C(N)c1cc(C(=O)Nc2c(-c3ccccc3)nc3cccnn23)ccc1C(F)(F)F. The number of imidazole rings is 1. The van der Waals surface area contributed by atoms with E-state index < -0.39 is 23.7 Å². The number of fused-ring (bicyclic) bond motifs is 1. The predicted molar refractivity (Wildman–Crippen MR) is 123 cm³/mol. The first-order valence-electron chi connectivity index (χ1n) is 10.3. The fourth-order valence-corrected chi connectivity index (χ4v) is 3.52. The monoisotopic (exact) mass is 466 g/mol. The van der Waals surface area contributed by atoms with Crippen molar-refractivity contribution in [2.75, 3.05) is 12.4 Å². The quantitative estimate of drug-likeness (QED) is 0.391. The van der Waals surface area contributed by atoms with Crippen LogP contribution in [0.3, 0.4) is 0 Å². The Morgan fingerprint density at radius 2 is 1.88 bits per heavy atom. The normalized spacial score (nSPS) is 12.7. The number of hydrogen-bond donors (Lipinski definition) is 3. The Morgan fingerprint density at radius 3 is 2.59 bits per heavy atom. The lowest BCUT2D eigenvalue weighted by Gasteiger charge is -2.17. The highest BCUT2D eigenvalue weighted by atomic mass is 19.4. The first-order valence-corrected chi connectivity index (χ1v) is 10.3. The molecule has 0 fully saturated rings. The van der Waals surface area contributed by atoms with Crippen LogP contribution in [-0.2, 0) is 6.18 Å². The number of benzene rings is 2. The fraction of sp³-hybridized carbons (Fsp3) is 0.125. The van der Waals surface area contributed by atoms with Crippen molar-refractivity contribution >= 4 is 17.4 Å². The number of carbonyl (C=O) groups excluding carboxylic acids is 1. The Balaban J connectivity index is 1.76. The first kappa shape index (κ1) is 23.0. The van der Waals surface area contributed by atoms with E-state index in [1.807, 2.05) is 30.3 Å². The van der Waals surface area contributed by atoms with Gasteiger partial charge < -0.3 is 16.4 Å². The summed E-state index contributed by atoms with van der Waals surface area (Å²) in [5.74, 6) is -0.322. The van der Waals surface area contributed by atoms with Gasteiger partial charge >= 0.3 is 6.18 Å². The molecule has 0 aliphatic rings. The van der Waals surface area contributed by atoms with E-state index in [1.165, 1.54) is 16.8 Å². The van der Waals surface area contributed by atoms with Gasteiger partial charge in [-0.25, -0.2) is 4.98 Å². The van der Waals surface area contributed by atoms with Gasteiger partial charge in [-0.1, -0.05) is 30.3 Å². The van der Waals surface area contributed by atoms with Crippen molar-refractivity contribution in [2.45, 2.75) is 12.2 Å². The standard InChI is InChI=1S/C24H21F3N6O/c1-29-13-11-19(28)17-14-16(9-10-18(17)24(25,26)27)23(34)32-22-21(15-6-3-2-4-7-15)31-20-8-5-12-30-33(20)22/h2-14,19,29H,28H2,1H3,(H,32,34)/b13-11-. The number of halogens is 3. The van der Waals surface area contributed by atoms with E-state index in [0.29, 0.717) is 17.2 Å². The van der Waals surface area contributed by atoms with E-state index in [-0.39, 0.29) is 11.1 Å². The number of nitrogens with zero attached hydrogens (tertiary/aromatic N) is 3. The molecule has 1 atom stereocenters. The topological polar surface area (TPSA) is 97.3 Å². The molecular weight excluding hydrogens is 445 g/mol. The van der Waals surface area contributed by atoms with Gasteiger partial charge in [0.05, 0.1) is 11.6 Å². The number of rotatable bonds is 6. The molecule has 10 heteroatoms. The molecule has 0 spiro atoms. The molecule has 0 aliphatic carbocycles. The molecule has 0 bridgehead atoms. The zero-order chi connectivity index (χ0) is 24.3. The van der Waals surface area contributed by atoms with E-state index in [1.54, 1.807) is 25.4 Å². The highest BCUT2D eigenvalue weighted by Crippen LogP contribution is 2.35. The zero-order valence-electron chi connectivity index (χ0n) is 18.0. The molecule has 34 heavy (non-hydrogen) atoms. The summed E-state index contributed by atoms with van der Waals surface area (Å²) in [4.78, 5) is 17.7. The van der Waals surface area contributed by atoms with Gasteiger partial charge in [-0.3, -0.25) is 4.79 Å². The number of aromatic nitrogens is 3. The number of amides is 1. The van der Waals surface area contributed by atoms with Crippen LogP contribution in [0.1, 0.15) is 27.5 Å². The lowest BCUT2D eigenvalue weighted by Crippen LogP contribution is -2.20. The Hall–Kier alpha value is -4.18. The molecule has 0 saturated carbocycles. The molecule has 2 heterocycles. The smallest absolute Gasteiger partial charge is 0.394 e. The van der Waals surface area contributed by atoms with Crippen molar-refractivity contribution in [3.63, 3.8) is 0 Å². The Kier molecular flexibility index (Phi) is 6.33. The van der Waals surface area contributed by atoms with Crippen molar-refractivity contribution in [3.8, 4) is 11.3 Å². The van der Waals surface area contributed by atoms with Crippen LogP contribution in [0.2, 0.25) is 0 Å². The Labute approximate surface area is 193 Å². The molecule has 0 saturated heterocycles. The summed E-state index contributed by atoms with van der Waals surface area (Å²) in [5, 5.41) is 9.71. The number of nitrogens with one attached hydrogen (secondary N) is 2. The molecule has 0 aliphatic heterocycles. The lowest BCUT2D eigenvalue weighted by molar-refractivity contribution is -0.138. The minimum absolute atomic E-state index is 0.0150. The number of nitrogens with two attached hydrogens (primary N) is 1. The van der Waals surface area contributed by atoms with E-state index in [0.717, 1.165) is 23.8 Å². The van der Waals surface area contributed by atoms with Crippen molar-refractivity contribution in [1.29, 1.82) is 0 Å². The maximum absolute atomic E-state index is 13.6. The third-order valence-electron chi connectivity index (χ3n) is 5.12. The molecule has 4 N–H and O–H groups in total. The van der Waals surface area contributed by atoms with Gasteiger partial charge in [-0.2, -0.15) is 22.8 Å². The van der Waals surface area contributed by atoms with Gasteiger partial charge in [0.25, 0.3) is 5.91 Å². The second-order valence-corrected chi connectivity index (χ2v) is 7.40. The number of alkyl halides is 3. The summed E-state index contributed by atoms with van der Waals surface area (Å²) in [7, 11) is 1.60. The summed E-state index contributed by atoms with van der Waals surface area (Å²) in [5.41, 5.74) is 6.60. The number of hydrogen-bond acceptors (Lipinski definition) is 5. The third-order valence-corrected chi connectivity index (χ3v) is 5.12. The molecular formula is C24H21F3N6O. The Bertz CT molecular complexity index is 1350. The average Bonchev–Trinajstić information content (AvgIpc) is 3.20. The zero-order valence-corrected chi connectivity index (χ0v) is 18.0. The first-order chi connectivity index (χ1) is 16.3. The second-order valence-electron chi connectivity index (χ2n) is 7.40. The predicted octanol–water partition coefficient (Wildman–Crippen LogP) is 4.40. The summed E-state index contributed by atoms with van der Waals surface area (Å²) in [6, 6.07) is 14.7. The van der Waals surface area contributed by atoms with Gasteiger partial charge in [0.15, 0.2) is 11.5 Å². The van der Waals surface area contributed by atoms with Crippen LogP contribution in [0.5, 0.6) is 0 Å². The lowest BCUT2D eigenvalue weighted by atomic mass is 9.97. The third kappa shape index (κ3) is 4.62. The van der Waals surface area contributed by atoms with E-state index in [9.17, 15) is 18.0 Å². The van der Waals surface area contributed by atoms with Crippen LogP contribution in [0.15, 0.2) is 79.1 Å². The van der Waals surface area contributed by atoms with Gasteiger partial charge in [0.1, 0.15) is 5.69 Å². The van der Waals surface area contributed by atoms with Crippen LogP contribution in [0.4, 0.5) is 19.0 Å². The maximum atomic E-state index is 13.6. The summed E-state index contributed by atoms with van der Waals surface area (Å²) >= 11 is 0. The summed E-state index contributed by atoms with van der Waals surface area (Å²) in [6.45, 7) is 0. The molecule has 2 aromatic heterocycles. The van der Waals surface area contributed by atoms with E-state index in [2.05, 4.69) is 20.7 Å². The molecule has 174 valence electrons. The fourth-order valence-electron chi connectivity index (χ4n) is 3.52. The molecule has 1 amide bonds. The highest BCUT2D eigenvalue weighted by molar-refractivity contribution is 6.06. The second kappa shape index (κ2) is 9.36. The van der Waals surface area contributed by atoms with Crippen molar-refractivity contribution in [1.82, 2.24) is 19.9 Å². The largest absolute Gasteiger partial charge is 0.416 e. The van der Waals surface area contributed by atoms with Gasteiger partial charge in [-0.15, -0.1) is 0 Å². The van der Waals surface area contributed by atoms with E-state index >= 15 is 0 Å². The minimum Gasteiger partial charge on any atom is -0.394 e. The summed E-state index contributed by atoms with van der Waals surface area (Å²) < 4.78 is 42.2. The van der Waals surface area contributed by atoms with Gasteiger partial charge in [0.2, 0.25) is 0 Å². The molecule has 0 radical (unpaired) electrons. The number of anilines is 1. The molecule has 1 unspecified atom stereocenters. The van der Waals surface area contributed by atoms with Crippen molar-refractivity contribution in [2.24, 2.45) is 5.73 Å². The van der Waals surface area contributed by atoms with Gasteiger partial charge in [-0.05, 0) is 48.2 Å². The molecule has 7 nitrogen and oxygen atoms in total. The van der Waals surface area contributed by atoms with Crippen molar-refractivity contribution in [3.05, 3.63) is 95.8 Å². The van der Waals surface area contributed by atoms with Crippen LogP contribution < -0.4 is 16.4 Å². The van der Waals surface area contributed by atoms with Gasteiger partial charge in [0, 0.05) is 24.4 Å². The molecule has 4 aromatic rings. The maximum Gasteiger partial charge on any atom is 0.416 e. The van der Waals surface area contributed by atoms with Crippen LogP contribution in [0.25, 0.3) is 16.9 Å². The van der Waals surface area contributed by atoms with E-state index in [4.69, 9.17) is 5.73 Å². The average molecular weight is 466 g/mol. The van der Waals surface area contributed by atoms with Crippen LogP contribution in [0, 0.1) is 0 Å². The van der Waals surface area contributed by atoms with Crippen LogP contribution in [-0.4, -0.2) is 27.6 Å². The highest BCUT2D eigenvalue weighted by Gasteiger charge is 2.35. The molecule has 2 aromatic carbocycles. The Morgan fingerprint density at radius 1 is 1.12 bits per heavy atom.